The molecule has 2 aliphatic rings. The van der Waals surface area contributed by atoms with Gasteiger partial charge in [0.25, 0.3) is 0 Å². The van der Waals surface area contributed by atoms with Gasteiger partial charge in [-0.05, 0) is 49.4 Å². The molecule has 26 heavy (non-hydrogen) atoms. The Hall–Kier alpha value is -0.740. The van der Waals surface area contributed by atoms with E-state index >= 15 is 0 Å². The van der Waals surface area contributed by atoms with E-state index < -0.39 is 12.3 Å². The fraction of sp³-hybridized carbons (Fsp3) is 0.952. The summed E-state index contributed by atoms with van der Waals surface area (Å²) in [5, 5.41) is 0. The summed E-state index contributed by atoms with van der Waals surface area (Å²) in [5.74, 6) is 2.82. The van der Waals surface area contributed by atoms with Gasteiger partial charge in [0.15, 0.2) is 0 Å². The summed E-state index contributed by atoms with van der Waals surface area (Å²) in [6.07, 6.45) is 10.9. The van der Waals surface area contributed by atoms with Gasteiger partial charge in [-0.3, -0.25) is 4.79 Å². The number of ether oxygens (including phenoxy) is 1. The summed E-state index contributed by atoms with van der Waals surface area (Å²) in [6, 6.07) is 0. The summed E-state index contributed by atoms with van der Waals surface area (Å²) in [6.45, 7) is 2.26. The first-order valence-corrected chi connectivity index (χ1v) is 10.7. The largest absolute Gasteiger partial charge is 0.575 e. The van der Waals surface area contributed by atoms with Crippen molar-refractivity contribution in [2.24, 2.45) is 23.7 Å². The summed E-state index contributed by atoms with van der Waals surface area (Å²) in [7, 11) is 0. The van der Waals surface area contributed by atoms with Crippen LogP contribution in [0.3, 0.4) is 0 Å². The van der Waals surface area contributed by atoms with Gasteiger partial charge in [-0.25, -0.2) is 0 Å². The van der Waals surface area contributed by atoms with Gasteiger partial charge in [-0.1, -0.05) is 64.7 Å². The van der Waals surface area contributed by atoms with Crippen LogP contribution in [0.1, 0.15) is 96.8 Å². The van der Waals surface area contributed by atoms with Crippen LogP contribution in [0.15, 0.2) is 0 Å². The molecule has 0 radical (unpaired) electrons. The van der Waals surface area contributed by atoms with Crippen molar-refractivity contribution >= 4 is 5.97 Å². The van der Waals surface area contributed by atoms with Crippen molar-refractivity contribution in [1.29, 1.82) is 0 Å². The van der Waals surface area contributed by atoms with Crippen LogP contribution in [0, 0.1) is 23.7 Å². The number of esters is 1. The fourth-order valence-electron chi connectivity index (χ4n) is 4.34. The molecule has 0 amide bonds. The third kappa shape index (κ3) is 9.27. The summed E-state index contributed by atoms with van der Waals surface area (Å²) in [4.78, 5) is 10.9. The van der Waals surface area contributed by atoms with E-state index in [9.17, 15) is 18.0 Å². The van der Waals surface area contributed by atoms with Crippen molar-refractivity contribution in [1.82, 2.24) is 0 Å². The van der Waals surface area contributed by atoms with Gasteiger partial charge < -0.3 is 4.74 Å². The SMILES string of the molecule is CCCCCC1CC1CC1CC1CCCCCCCC(=O)OC(F)(F)F. The minimum atomic E-state index is -4.84. The smallest absolute Gasteiger partial charge is 0.373 e. The van der Waals surface area contributed by atoms with E-state index in [2.05, 4.69) is 11.7 Å². The molecule has 0 aliphatic heterocycles. The number of halogens is 3. The monoisotopic (exact) mass is 376 g/mol. The Morgan fingerprint density at radius 3 is 1.96 bits per heavy atom. The molecule has 0 aromatic rings. The number of hydrogen-bond acceptors (Lipinski definition) is 2. The van der Waals surface area contributed by atoms with Crippen LogP contribution in [-0.4, -0.2) is 12.3 Å². The van der Waals surface area contributed by atoms with Crippen LogP contribution >= 0.6 is 0 Å². The summed E-state index contributed by atoms with van der Waals surface area (Å²) >= 11 is 0. The number of carbonyl (C=O) groups is 1. The lowest BCUT2D eigenvalue weighted by Gasteiger charge is -2.06. The zero-order valence-corrected chi connectivity index (χ0v) is 16.2. The highest BCUT2D eigenvalue weighted by atomic mass is 19.4. The van der Waals surface area contributed by atoms with Crippen molar-refractivity contribution in [2.45, 2.75) is 103 Å². The molecule has 5 heteroatoms. The van der Waals surface area contributed by atoms with Crippen LogP contribution in [0.2, 0.25) is 0 Å². The van der Waals surface area contributed by atoms with E-state index in [0.29, 0.717) is 6.42 Å². The van der Waals surface area contributed by atoms with Crippen LogP contribution in [-0.2, 0) is 9.53 Å². The summed E-state index contributed by atoms with van der Waals surface area (Å²) < 4.78 is 38.8. The maximum atomic E-state index is 11.8. The average Bonchev–Trinajstić information content (AvgIpc) is 3.45. The molecule has 2 saturated carbocycles. The van der Waals surface area contributed by atoms with Gasteiger partial charge in [0.1, 0.15) is 0 Å². The molecule has 0 bridgehead atoms. The van der Waals surface area contributed by atoms with E-state index in [0.717, 1.165) is 42.9 Å². The molecule has 2 rings (SSSR count). The number of rotatable bonds is 14. The van der Waals surface area contributed by atoms with E-state index in [1.165, 1.54) is 57.8 Å². The van der Waals surface area contributed by atoms with Crippen molar-refractivity contribution in [3.05, 3.63) is 0 Å². The molecule has 4 unspecified atom stereocenters. The Labute approximate surface area is 156 Å². The third-order valence-electron chi connectivity index (χ3n) is 6.11. The van der Waals surface area contributed by atoms with Gasteiger partial charge in [-0.15, -0.1) is 13.2 Å². The van der Waals surface area contributed by atoms with Crippen LogP contribution in [0.25, 0.3) is 0 Å². The number of hydrogen-bond donors (Lipinski definition) is 0. The second kappa shape index (κ2) is 10.6. The molecule has 2 aliphatic carbocycles. The van der Waals surface area contributed by atoms with Gasteiger partial charge in [0.05, 0.1) is 0 Å². The maximum absolute atomic E-state index is 11.8. The van der Waals surface area contributed by atoms with Crippen molar-refractivity contribution in [3.63, 3.8) is 0 Å². The first-order valence-electron chi connectivity index (χ1n) is 10.7. The van der Waals surface area contributed by atoms with E-state index in [4.69, 9.17) is 0 Å². The van der Waals surface area contributed by atoms with Crippen molar-refractivity contribution in [2.75, 3.05) is 0 Å². The molecule has 0 aromatic carbocycles. The zero-order chi connectivity index (χ0) is 19.0. The highest BCUT2D eigenvalue weighted by Crippen LogP contribution is 2.54. The predicted molar refractivity (Wildman–Crippen MR) is 96.4 cm³/mol. The summed E-state index contributed by atoms with van der Waals surface area (Å²) in [5.41, 5.74) is 0. The Kier molecular flexibility index (Phi) is 8.75. The average molecular weight is 377 g/mol. The lowest BCUT2D eigenvalue weighted by molar-refractivity contribution is -0.305. The highest BCUT2D eigenvalue weighted by Gasteiger charge is 2.44. The minimum Gasteiger partial charge on any atom is -0.373 e. The third-order valence-corrected chi connectivity index (χ3v) is 6.11. The Balaban J connectivity index is 1.36. The second-order valence-electron chi connectivity index (χ2n) is 8.47. The maximum Gasteiger partial charge on any atom is 0.575 e. The molecule has 0 saturated heterocycles. The Morgan fingerprint density at radius 1 is 0.846 bits per heavy atom. The number of alkyl halides is 3. The van der Waals surface area contributed by atoms with Crippen LogP contribution < -0.4 is 0 Å². The van der Waals surface area contributed by atoms with Gasteiger partial charge in [-0.2, -0.15) is 0 Å². The molecule has 2 nitrogen and oxygen atoms in total. The van der Waals surface area contributed by atoms with Gasteiger partial charge in [0, 0.05) is 6.42 Å². The predicted octanol–water partition coefficient (Wildman–Crippen LogP) is 7.02. The molecule has 0 heterocycles. The zero-order valence-electron chi connectivity index (χ0n) is 16.2. The number of unbranched alkanes of at least 4 members (excludes halogenated alkanes) is 6. The van der Waals surface area contributed by atoms with E-state index in [1.807, 2.05) is 0 Å². The Bertz CT molecular complexity index is 422. The highest BCUT2D eigenvalue weighted by molar-refractivity contribution is 5.69. The molecule has 4 atom stereocenters. The van der Waals surface area contributed by atoms with Crippen molar-refractivity contribution in [3.8, 4) is 0 Å². The molecular formula is C21H35F3O2. The first-order chi connectivity index (χ1) is 12.4. The first kappa shape index (κ1) is 21.6. The topological polar surface area (TPSA) is 26.3 Å². The minimum absolute atomic E-state index is 0.134. The van der Waals surface area contributed by atoms with Gasteiger partial charge in [0.2, 0.25) is 0 Å². The normalized spacial score (nSPS) is 27.4. The second-order valence-corrected chi connectivity index (χ2v) is 8.47. The molecular weight excluding hydrogens is 341 g/mol. The molecule has 0 N–H and O–H groups in total. The van der Waals surface area contributed by atoms with E-state index in [-0.39, 0.29) is 6.42 Å². The van der Waals surface area contributed by atoms with Crippen LogP contribution in [0.4, 0.5) is 13.2 Å². The molecule has 152 valence electrons. The molecule has 0 spiro atoms. The van der Waals surface area contributed by atoms with Crippen molar-refractivity contribution < 1.29 is 22.7 Å². The van der Waals surface area contributed by atoms with Gasteiger partial charge >= 0.3 is 12.3 Å². The lowest BCUT2D eigenvalue weighted by Crippen LogP contribution is -2.18. The molecule has 0 aromatic heterocycles. The molecule has 2 fully saturated rings. The standard InChI is InChI=1S/C21H35F3O2/c1-2-3-7-10-16-13-18(16)15-19-14-17(19)11-8-5-4-6-9-12-20(25)26-21(22,23)24/h16-19H,2-15H2,1H3. The lowest BCUT2D eigenvalue weighted by atomic mass is 10.0. The Morgan fingerprint density at radius 2 is 1.38 bits per heavy atom. The van der Waals surface area contributed by atoms with Crippen LogP contribution in [0.5, 0.6) is 0 Å². The van der Waals surface area contributed by atoms with E-state index in [1.54, 1.807) is 0 Å². The quantitative estimate of drug-likeness (QED) is 0.240. The number of carbonyl (C=O) groups excluding carboxylic acids is 1. The fourth-order valence-corrected chi connectivity index (χ4v) is 4.34.